The lowest BCUT2D eigenvalue weighted by Gasteiger charge is -2.59. The van der Waals surface area contributed by atoms with Gasteiger partial charge in [-0.3, -0.25) is 4.79 Å². The Balaban J connectivity index is 1.78. The summed E-state index contributed by atoms with van der Waals surface area (Å²) >= 11 is 0. The molecule has 0 bridgehead atoms. The maximum absolute atomic E-state index is 11.4. The van der Waals surface area contributed by atoms with Crippen molar-refractivity contribution in [3.63, 3.8) is 0 Å². The van der Waals surface area contributed by atoms with E-state index in [9.17, 15) is 9.90 Å². The van der Waals surface area contributed by atoms with Gasteiger partial charge in [0.25, 0.3) is 0 Å². The molecule has 5 nitrogen and oxygen atoms in total. The number of aliphatic hydroxyl groups is 1. The quantitative estimate of drug-likeness (QED) is 0.543. The number of methoxy groups -OCH3 is 1. The van der Waals surface area contributed by atoms with Crippen LogP contribution in [-0.2, 0) is 19.0 Å². The molecule has 160 valence electrons. The molecule has 0 aromatic heterocycles. The van der Waals surface area contributed by atoms with Crippen LogP contribution in [0.2, 0.25) is 0 Å². The van der Waals surface area contributed by atoms with Gasteiger partial charge in [-0.2, -0.15) is 0 Å². The normalized spacial score (nSPS) is 43.4. The van der Waals surface area contributed by atoms with E-state index in [0.29, 0.717) is 18.4 Å². The lowest BCUT2D eigenvalue weighted by molar-refractivity contribution is -0.142. The molecule has 2 aliphatic carbocycles. The lowest BCUT2D eigenvalue weighted by Crippen LogP contribution is -2.55. The summed E-state index contributed by atoms with van der Waals surface area (Å²) in [5.41, 5.74) is 1.13. The third-order valence-electron chi connectivity index (χ3n) is 8.22. The Hall–Kier alpha value is -0.910. The number of aliphatic hydroxyl groups excluding tert-OH is 1. The molecule has 1 saturated carbocycles. The molecule has 0 aromatic rings. The number of fused-ring (bicyclic) bond motifs is 1. The average molecular weight is 395 g/mol. The summed E-state index contributed by atoms with van der Waals surface area (Å²) in [7, 11) is 1.71. The number of carbonyl (C=O) groups is 1. The maximum atomic E-state index is 11.4. The Morgan fingerprint density at radius 3 is 2.79 bits per heavy atom. The number of carbonyl (C=O) groups excluding carboxylic acids is 1. The average Bonchev–Trinajstić information content (AvgIpc) is 3.11. The number of allylic oxidation sites excluding steroid dienone is 1. The highest BCUT2D eigenvalue weighted by Gasteiger charge is 2.57. The maximum Gasteiger partial charge on any atom is 0.302 e. The summed E-state index contributed by atoms with van der Waals surface area (Å²) in [4.78, 5) is 11.4. The molecule has 0 aromatic carbocycles. The number of esters is 1. The summed E-state index contributed by atoms with van der Waals surface area (Å²) in [6.07, 6.45) is 7.89. The van der Waals surface area contributed by atoms with Gasteiger partial charge in [0, 0.05) is 20.5 Å². The Kier molecular flexibility index (Phi) is 6.58. The Labute approximate surface area is 169 Å². The molecule has 3 aliphatic rings. The predicted molar refractivity (Wildman–Crippen MR) is 108 cm³/mol. The summed E-state index contributed by atoms with van der Waals surface area (Å²) in [5.74, 6) is 1.01. The van der Waals surface area contributed by atoms with Gasteiger partial charge in [-0.15, -0.1) is 0 Å². The molecule has 0 amide bonds. The van der Waals surface area contributed by atoms with Crippen LogP contribution in [0.15, 0.2) is 11.6 Å². The molecule has 1 N–H and O–H groups in total. The number of hydrogen-bond donors (Lipinski definition) is 1. The zero-order valence-electron chi connectivity index (χ0n) is 18.2. The van der Waals surface area contributed by atoms with Gasteiger partial charge in [-0.05, 0) is 66.3 Å². The molecule has 3 rings (SSSR count). The SMILES string of the molecule is CO[C@@H]1C[C@@H](CC[C@@]2(C)[C@H](C)[C@H](O)C[C@@]3(C)C(COC(C)=O)=CCC[C@H]23)CO1. The largest absolute Gasteiger partial charge is 0.461 e. The Morgan fingerprint density at radius 2 is 2.14 bits per heavy atom. The fraction of sp³-hybridized carbons (Fsp3) is 0.870. The molecule has 2 fully saturated rings. The summed E-state index contributed by atoms with van der Waals surface area (Å²) < 4.78 is 16.4. The minimum atomic E-state index is -0.336. The van der Waals surface area contributed by atoms with Crippen molar-refractivity contribution in [2.75, 3.05) is 20.3 Å². The molecule has 0 radical (unpaired) electrons. The van der Waals surface area contributed by atoms with Crippen molar-refractivity contribution in [3.05, 3.63) is 11.6 Å². The number of hydrogen-bond acceptors (Lipinski definition) is 5. The molecule has 5 heteroatoms. The van der Waals surface area contributed by atoms with Crippen LogP contribution >= 0.6 is 0 Å². The van der Waals surface area contributed by atoms with Gasteiger partial charge < -0.3 is 19.3 Å². The van der Waals surface area contributed by atoms with Crippen LogP contribution in [0.4, 0.5) is 0 Å². The second-order valence-corrected chi connectivity index (χ2v) is 9.76. The molecule has 28 heavy (non-hydrogen) atoms. The third-order valence-corrected chi connectivity index (χ3v) is 8.22. The third kappa shape index (κ3) is 4.03. The molecule has 1 aliphatic heterocycles. The smallest absolute Gasteiger partial charge is 0.302 e. The van der Waals surface area contributed by atoms with Gasteiger partial charge in [0.2, 0.25) is 0 Å². The predicted octanol–water partition coefficient (Wildman–Crippen LogP) is 4.09. The standard InChI is InChI=1S/C23H38O5/c1-15-19(25)12-23(4)18(14-27-16(2)24)7-6-8-20(23)22(15,3)10-9-17-11-21(26-5)28-13-17/h7,15,17,19-21,25H,6,8-14H2,1-5H3/t15-,17-,19-,20-,21+,22+,23+/m1/s1. The first-order valence-corrected chi connectivity index (χ1v) is 10.9. The van der Waals surface area contributed by atoms with Crippen LogP contribution in [-0.4, -0.2) is 43.8 Å². The molecule has 1 heterocycles. The van der Waals surface area contributed by atoms with Crippen LogP contribution in [0, 0.1) is 28.6 Å². The molecule has 0 unspecified atom stereocenters. The van der Waals surface area contributed by atoms with Crippen molar-refractivity contribution < 1.29 is 24.1 Å². The Morgan fingerprint density at radius 1 is 1.39 bits per heavy atom. The van der Waals surface area contributed by atoms with E-state index in [1.165, 1.54) is 12.5 Å². The summed E-state index contributed by atoms with van der Waals surface area (Å²) in [6, 6.07) is 0. The first kappa shape index (κ1) is 21.8. The van der Waals surface area contributed by atoms with Crippen molar-refractivity contribution in [3.8, 4) is 0 Å². The van der Waals surface area contributed by atoms with Crippen molar-refractivity contribution >= 4 is 5.97 Å². The molecular weight excluding hydrogens is 356 g/mol. The van der Waals surface area contributed by atoms with E-state index in [0.717, 1.165) is 45.1 Å². The fourth-order valence-corrected chi connectivity index (χ4v) is 6.24. The van der Waals surface area contributed by atoms with Crippen molar-refractivity contribution in [2.45, 2.75) is 78.6 Å². The Bertz CT molecular complexity index is 602. The van der Waals surface area contributed by atoms with Crippen LogP contribution in [0.3, 0.4) is 0 Å². The second kappa shape index (κ2) is 8.45. The van der Waals surface area contributed by atoms with E-state index in [1.807, 2.05) is 0 Å². The topological polar surface area (TPSA) is 65.0 Å². The molecule has 0 spiro atoms. The number of ether oxygens (including phenoxy) is 3. The zero-order chi connectivity index (χ0) is 20.5. The van der Waals surface area contributed by atoms with Gasteiger partial charge in [0.05, 0.1) is 12.7 Å². The zero-order valence-corrected chi connectivity index (χ0v) is 18.2. The summed E-state index contributed by atoms with van der Waals surface area (Å²) in [5, 5.41) is 11.0. The van der Waals surface area contributed by atoms with Crippen LogP contribution in [0.5, 0.6) is 0 Å². The van der Waals surface area contributed by atoms with Crippen LogP contribution in [0.25, 0.3) is 0 Å². The van der Waals surface area contributed by atoms with Crippen molar-refractivity contribution in [1.29, 1.82) is 0 Å². The van der Waals surface area contributed by atoms with Crippen molar-refractivity contribution in [2.24, 2.45) is 28.6 Å². The highest BCUT2D eigenvalue weighted by molar-refractivity contribution is 5.66. The van der Waals surface area contributed by atoms with E-state index in [4.69, 9.17) is 14.2 Å². The van der Waals surface area contributed by atoms with Gasteiger partial charge in [-0.25, -0.2) is 0 Å². The summed E-state index contributed by atoms with van der Waals surface area (Å²) in [6.45, 7) is 9.45. The van der Waals surface area contributed by atoms with Gasteiger partial charge in [0.15, 0.2) is 6.29 Å². The monoisotopic (exact) mass is 394 g/mol. The lowest BCUT2D eigenvalue weighted by atomic mass is 9.46. The molecule has 1 saturated heterocycles. The molecule has 7 atom stereocenters. The minimum Gasteiger partial charge on any atom is -0.461 e. The van der Waals surface area contributed by atoms with E-state index in [-0.39, 0.29) is 35.1 Å². The molecular formula is C23H38O5. The first-order valence-electron chi connectivity index (χ1n) is 10.9. The highest BCUT2D eigenvalue weighted by atomic mass is 16.7. The van der Waals surface area contributed by atoms with Gasteiger partial charge in [-0.1, -0.05) is 26.8 Å². The fourth-order valence-electron chi connectivity index (χ4n) is 6.24. The van der Waals surface area contributed by atoms with E-state index in [1.54, 1.807) is 7.11 Å². The highest BCUT2D eigenvalue weighted by Crippen LogP contribution is 2.62. The van der Waals surface area contributed by atoms with E-state index in [2.05, 4.69) is 26.8 Å². The minimum absolute atomic E-state index is 0.0489. The van der Waals surface area contributed by atoms with Gasteiger partial charge in [0.1, 0.15) is 6.61 Å². The van der Waals surface area contributed by atoms with Crippen LogP contribution in [0.1, 0.15) is 66.2 Å². The van der Waals surface area contributed by atoms with Crippen LogP contribution < -0.4 is 0 Å². The van der Waals surface area contributed by atoms with Gasteiger partial charge >= 0.3 is 5.97 Å². The second-order valence-electron chi connectivity index (χ2n) is 9.76. The number of rotatable bonds is 6. The first-order chi connectivity index (χ1) is 13.2. The van der Waals surface area contributed by atoms with E-state index < -0.39 is 0 Å². The van der Waals surface area contributed by atoms with E-state index >= 15 is 0 Å². The van der Waals surface area contributed by atoms with Crippen molar-refractivity contribution in [1.82, 2.24) is 0 Å².